The fourth-order valence-corrected chi connectivity index (χ4v) is 1.85. The summed E-state index contributed by atoms with van der Waals surface area (Å²) < 4.78 is 5.94. The molecule has 0 bridgehead atoms. The summed E-state index contributed by atoms with van der Waals surface area (Å²) in [7, 11) is 0. The quantitative estimate of drug-likeness (QED) is 0.706. The highest BCUT2D eigenvalue weighted by atomic mass is 79.9. The van der Waals surface area contributed by atoms with E-state index < -0.39 is 0 Å². The van der Waals surface area contributed by atoms with Crippen LogP contribution in [0.4, 0.5) is 0 Å². The third-order valence-electron chi connectivity index (χ3n) is 2.11. The van der Waals surface area contributed by atoms with Crippen molar-refractivity contribution >= 4 is 15.9 Å². The second kappa shape index (κ2) is 3.80. The van der Waals surface area contributed by atoms with E-state index in [0.717, 1.165) is 21.2 Å². The van der Waals surface area contributed by atoms with Gasteiger partial charge in [0, 0.05) is 4.47 Å². The molecule has 0 aliphatic carbocycles. The van der Waals surface area contributed by atoms with Gasteiger partial charge >= 0.3 is 0 Å². The van der Waals surface area contributed by atoms with E-state index in [4.69, 9.17) is 10.00 Å². The molecule has 2 nitrogen and oxygen atoms in total. The van der Waals surface area contributed by atoms with Crippen molar-refractivity contribution in [3.8, 4) is 12.0 Å². The number of rotatable bonds is 1. The molecule has 3 heteroatoms. The summed E-state index contributed by atoms with van der Waals surface area (Å²) in [6.45, 7) is 5.85. The third-order valence-corrected chi connectivity index (χ3v) is 2.93. The fraction of sp³-hybridized carbons (Fsp3) is 0.300. The highest BCUT2D eigenvalue weighted by molar-refractivity contribution is 9.10. The summed E-state index contributed by atoms with van der Waals surface area (Å²) in [4.78, 5) is 0. The number of hydrogen-bond donors (Lipinski definition) is 0. The van der Waals surface area contributed by atoms with E-state index in [1.165, 1.54) is 0 Å². The van der Waals surface area contributed by atoms with Crippen molar-refractivity contribution in [1.82, 2.24) is 0 Å². The van der Waals surface area contributed by atoms with Crippen LogP contribution in [0, 0.1) is 32.3 Å². The minimum absolute atomic E-state index is 0.670. The Kier molecular flexibility index (Phi) is 2.94. The monoisotopic (exact) mass is 239 g/mol. The molecule has 0 unspecified atom stereocenters. The zero-order valence-electron chi connectivity index (χ0n) is 7.81. The number of hydrogen-bond acceptors (Lipinski definition) is 2. The van der Waals surface area contributed by atoms with E-state index >= 15 is 0 Å². The zero-order valence-corrected chi connectivity index (χ0v) is 9.40. The molecule has 1 rings (SSSR count). The van der Waals surface area contributed by atoms with Crippen LogP contribution in [-0.4, -0.2) is 0 Å². The predicted molar refractivity (Wildman–Crippen MR) is 54.6 cm³/mol. The van der Waals surface area contributed by atoms with Crippen LogP contribution in [-0.2, 0) is 0 Å². The number of benzene rings is 1. The molecule has 0 aromatic heterocycles. The summed E-state index contributed by atoms with van der Waals surface area (Å²) >= 11 is 3.44. The SMILES string of the molecule is Cc1cc(Br)c(C)c(C)c1OC#N. The summed E-state index contributed by atoms with van der Waals surface area (Å²) in [6.07, 6.45) is 1.70. The number of ether oxygens (including phenoxy) is 1. The summed E-state index contributed by atoms with van der Waals surface area (Å²) in [6, 6.07) is 1.95. The molecule has 0 aliphatic rings. The van der Waals surface area contributed by atoms with E-state index in [2.05, 4.69) is 15.9 Å². The van der Waals surface area contributed by atoms with Crippen LogP contribution in [0.5, 0.6) is 5.75 Å². The van der Waals surface area contributed by atoms with E-state index in [-0.39, 0.29) is 0 Å². The van der Waals surface area contributed by atoms with Crippen LogP contribution in [0.25, 0.3) is 0 Å². The molecule has 0 saturated heterocycles. The van der Waals surface area contributed by atoms with Crippen molar-refractivity contribution in [2.24, 2.45) is 0 Å². The first-order valence-electron chi connectivity index (χ1n) is 3.90. The molecule has 0 N–H and O–H groups in total. The standard InChI is InChI=1S/C10H10BrNO/c1-6-4-9(11)7(2)8(3)10(6)13-5-12/h4H,1-3H3. The lowest BCUT2D eigenvalue weighted by molar-refractivity contribution is 0.498. The molecular formula is C10H10BrNO. The lowest BCUT2D eigenvalue weighted by atomic mass is 10.1. The van der Waals surface area contributed by atoms with Gasteiger partial charge in [-0.05, 0) is 43.5 Å². The lowest BCUT2D eigenvalue weighted by Crippen LogP contribution is -1.93. The molecule has 68 valence electrons. The Balaban J connectivity index is 3.36. The van der Waals surface area contributed by atoms with Crippen LogP contribution >= 0.6 is 15.9 Å². The Morgan fingerprint density at radius 1 is 1.31 bits per heavy atom. The Morgan fingerprint density at radius 2 is 1.92 bits per heavy atom. The third kappa shape index (κ3) is 1.84. The van der Waals surface area contributed by atoms with Crippen LogP contribution in [0.2, 0.25) is 0 Å². The van der Waals surface area contributed by atoms with E-state index in [1.807, 2.05) is 26.8 Å². The minimum atomic E-state index is 0.670. The van der Waals surface area contributed by atoms with Crippen molar-refractivity contribution < 1.29 is 4.74 Å². The molecule has 0 amide bonds. The highest BCUT2D eigenvalue weighted by Gasteiger charge is 2.09. The van der Waals surface area contributed by atoms with Crippen molar-refractivity contribution in [2.45, 2.75) is 20.8 Å². The Labute approximate surface area is 86.3 Å². The van der Waals surface area contributed by atoms with E-state index in [1.54, 1.807) is 6.26 Å². The molecule has 13 heavy (non-hydrogen) atoms. The van der Waals surface area contributed by atoms with Gasteiger partial charge in [-0.2, -0.15) is 0 Å². The maximum absolute atomic E-state index is 8.44. The number of halogens is 1. The van der Waals surface area contributed by atoms with Gasteiger partial charge in [-0.3, -0.25) is 0 Å². The first kappa shape index (κ1) is 10.1. The van der Waals surface area contributed by atoms with Crippen LogP contribution in [0.1, 0.15) is 16.7 Å². The van der Waals surface area contributed by atoms with Crippen LogP contribution < -0.4 is 4.74 Å². The van der Waals surface area contributed by atoms with Gasteiger partial charge in [0.25, 0.3) is 6.26 Å². The second-order valence-electron chi connectivity index (χ2n) is 2.95. The summed E-state index contributed by atoms with van der Waals surface area (Å²) in [5.41, 5.74) is 3.08. The van der Waals surface area contributed by atoms with Crippen molar-refractivity contribution in [3.63, 3.8) is 0 Å². The smallest absolute Gasteiger partial charge is 0.292 e. The summed E-state index contributed by atoms with van der Waals surface area (Å²) in [5, 5.41) is 8.44. The molecule has 1 aromatic rings. The summed E-state index contributed by atoms with van der Waals surface area (Å²) in [5.74, 6) is 0.670. The second-order valence-corrected chi connectivity index (χ2v) is 3.80. The Morgan fingerprint density at radius 3 is 2.46 bits per heavy atom. The van der Waals surface area contributed by atoms with E-state index in [9.17, 15) is 0 Å². The number of nitrogens with zero attached hydrogens (tertiary/aromatic N) is 1. The van der Waals surface area contributed by atoms with Crippen molar-refractivity contribution in [1.29, 1.82) is 5.26 Å². The fourth-order valence-electron chi connectivity index (χ4n) is 1.21. The molecule has 0 radical (unpaired) electrons. The topological polar surface area (TPSA) is 33.0 Å². The van der Waals surface area contributed by atoms with Gasteiger partial charge in [0.2, 0.25) is 0 Å². The molecule has 0 fully saturated rings. The molecule has 1 aromatic carbocycles. The van der Waals surface area contributed by atoms with Gasteiger partial charge in [-0.1, -0.05) is 15.9 Å². The van der Waals surface area contributed by atoms with Crippen molar-refractivity contribution in [2.75, 3.05) is 0 Å². The first-order valence-corrected chi connectivity index (χ1v) is 4.69. The van der Waals surface area contributed by atoms with Crippen LogP contribution in [0.3, 0.4) is 0 Å². The predicted octanol–water partition coefficient (Wildman–Crippen LogP) is 3.23. The zero-order chi connectivity index (χ0) is 10.0. The number of aryl methyl sites for hydroxylation is 1. The first-order chi connectivity index (χ1) is 6.07. The van der Waals surface area contributed by atoms with Gasteiger partial charge in [-0.15, -0.1) is 5.26 Å². The van der Waals surface area contributed by atoms with Gasteiger partial charge in [0.05, 0.1) is 0 Å². The van der Waals surface area contributed by atoms with Gasteiger partial charge in [-0.25, -0.2) is 0 Å². The average Bonchev–Trinajstić information content (AvgIpc) is 2.09. The minimum Gasteiger partial charge on any atom is -0.387 e. The Bertz CT molecular complexity index is 379. The Hall–Kier alpha value is -1.01. The van der Waals surface area contributed by atoms with Crippen LogP contribution in [0.15, 0.2) is 10.5 Å². The number of nitriles is 1. The highest BCUT2D eigenvalue weighted by Crippen LogP contribution is 2.31. The molecule has 0 aliphatic heterocycles. The largest absolute Gasteiger partial charge is 0.387 e. The molecular weight excluding hydrogens is 230 g/mol. The van der Waals surface area contributed by atoms with Gasteiger partial charge < -0.3 is 4.74 Å². The van der Waals surface area contributed by atoms with Crippen molar-refractivity contribution in [3.05, 3.63) is 27.2 Å². The molecule has 0 heterocycles. The average molecular weight is 240 g/mol. The molecule has 0 saturated carbocycles. The maximum Gasteiger partial charge on any atom is 0.292 e. The van der Waals surface area contributed by atoms with Gasteiger partial charge in [0.15, 0.2) is 0 Å². The van der Waals surface area contributed by atoms with E-state index in [0.29, 0.717) is 5.75 Å². The maximum atomic E-state index is 8.44. The molecule has 0 atom stereocenters. The lowest BCUT2D eigenvalue weighted by Gasteiger charge is -2.10. The van der Waals surface area contributed by atoms with Gasteiger partial charge in [0.1, 0.15) is 5.75 Å². The normalized spacial score (nSPS) is 9.46. The molecule has 0 spiro atoms.